The van der Waals surface area contributed by atoms with Gasteiger partial charge < -0.3 is 4.74 Å². The van der Waals surface area contributed by atoms with Crippen LogP contribution < -0.4 is 0 Å². The normalized spacial score (nSPS) is 20.0. The number of hydrogen-bond donors (Lipinski definition) is 0. The predicted octanol–water partition coefficient (Wildman–Crippen LogP) is 2.88. The summed E-state index contributed by atoms with van der Waals surface area (Å²) in [4.78, 5) is 0.106. The van der Waals surface area contributed by atoms with Gasteiger partial charge in [-0.15, -0.1) is 11.6 Å². The monoisotopic (exact) mass is 337 g/mol. The molecule has 0 bridgehead atoms. The standard InChI is InChI=1S/C13H17Cl2NO3S/c1-13(2)9-16(5-6-19-13)20(17,18)12-7-10(8-14)3-4-11(12)15/h3-4,7H,5-6,8-9H2,1-2H3. The van der Waals surface area contributed by atoms with Crippen LogP contribution in [0.1, 0.15) is 19.4 Å². The van der Waals surface area contributed by atoms with Crippen molar-refractivity contribution in [3.8, 4) is 0 Å². The van der Waals surface area contributed by atoms with Gasteiger partial charge in [0.2, 0.25) is 10.0 Å². The summed E-state index contributed by atoms with van der Waals surface area (Å²) in [5.41, 5.74) is 0.226. The van der Waals surface area contributed by atoms with Gasteiger partial charge in [0.25, 0.3) is 0 Å². The molecule has 0 aromatic heterocycles. The highest BCUT2D eigenvalue weighted by molar-refractivity contribution is 7.89. The van der Waals surface area contributed by atoms with Crippen molar-refractivity contribution in [1.29, 1.82) is 0 Å². The van der Waals surface area contributed by atoms with Gasteiger partial charge in [0, 0.05) is 19.0 Å². The summed E-state index contributed by atoms with van der Waals surface area (Å²) in [5, 5.41) is 0.211. The first kappa shape index (κ1) is 16.0. The molecule has 0 atom stereocenters. The van der Waals surface area contributed by atoms with Crippen LogP contribution in [-0.2, 0) is 20.6 Å². The van der Waals surface area contributed by atoms with Crippen LogP contribution in [0.15, 0.2) is 23.1 Å². The van der Waals surface area contributed by atoms with Crippen LogP contribution in [0.4, 0.5) is 0 Å². The summed E-state index contributed by atoms with van der Waals surface area (Å²) >= 11 is 11.8. The smallest absolute Gasteiger partial charge is 0.244 e. The van der Waals surface area contributed by atoms with E-state index >= 15 is 0 Å². The predicted molar refractivity (Wildman–Crippen MR) is 79.8 cm³/mol. The van der Waals surface area contributed by atoms with Crippen molar-refractivity contribution in [2.45, 2.75) is 30.2 Å². The summed E-state index contributed by atoms with van der Waals surface area (Å²) in [6, 6.07) is 4.82. The molecule has 4 nitrogen and oxygen atoms in total. The summed E-state index contributed by atoms with van der Waals surface area (Å²) in [5.74, 6) is 0.244. The minimum absolute atomic E-state index is 0.106. The SMILES string of the molecule is CC1(C)CN(S(=O)(=O)c2cc(CCl)ccc2Cl)CCO1. The Morgan fingerprint density at radius 3 is 2.70 bits per heavy atom. The highest BCUT2D eigenvalue weighted by atomic mass is 35.5. The van der Waals surface area contributed by atoms with Gasteiger partial charge in [-0.3, -0.25) is 0 Å². The van der Waals surface area contributed by atoms with Gasteiger partial charge in [-0.1, -0.05) is 17.7 Å². The molecule has 0 amide bonds. The van der Waals surface area contributed by atoms with Crippen molar-refractivity contribution in [1.82, 2.24) is 4.31 Å². The minimum atomic E-state index is -3.63. The average molecular weight is 338 g/mol. The number of benzene rings is 1. The van der Waals surface area contributed by atoms with Crippen LogP contribution in [0.5, 0.6) is 0 Å². The first-order valence-electron chi connectivity index (χ1n) is 6.25. The Kier molecular flexibility index (Phi) is 4.66. The van der Waals surface area contributed by atoms with E-state index in [0.29, 0.717) is 19.7 Å². The number of hydrogen-bond acceptors (Lipinski definition) is 3. The minimum Gasteiger partial charge on any atom is -0.373 e. The zero-order valence-electron chi connectivity index (χ0n) is 11.4. The Bertz CT molecular complexity index is 602. The van der Waals surface area contributed by atoms with E-state index in [2.05, 4.69) is 0 Å². The molecule has 0 N–H and O–H groups in total. The van der Waals surface area contributed by atoms with Gasteiger partial charge >= 0.3 is 0 Å². The Balaban J connectivity index is 2.40. The number of ether oxygens (including phenoxy) is 1. The van der Waals surface area contributed by atoms with Crippen molar-refractivity contribution >= 4 is 33.2 Å². The fourth-order valence-electron chi connectivity index (χ4n) is 2.15. The van der Waals surface area contributed by atoms with E-state index in [9.17, 15) is 8.42 Å². The van der Waals surface area contributed by atoms with Gasteiger partial charge in [-0.25, -0.2) is 8.42 Å². The molecule has 2 rings (SSSR count). The third-order valence-electron chi connectivity index (χ3n) is 3.16. The number of morpholine rings is 1. The van der Waals surface area contributed by atoms with Gasteiger partial charge in [-0.2, -0.15) is 4.31 Å². The van der Waals surface area contributed by atoms with Crippen LogP contribution >= 0.6 is 23.2 Å². The molecule has 7 heteroatoms. The van der Waals surface area contributed by atoms with E-state index in [1.54, 1.807) is 12.1 Å². The molecule has 1 aromatic carbocycles. The van der Waals surface area contributed by atoms with E-state index < -0.39 is 15.6 Å². The van der Waals surface area contributed by atoms with Crippen molar-refractivity contribution < 1.29 is 13.2 Å². The molecule has 0 saturated carbocycles. The van der Waals surface area contributed by atoms with Crippen LogP contribution in [0.2, 0.25) is 5.02 Å². The van der Waals surface area contributed by atoms with Crippen LogP contribution in [0.25, 0.3) is 0 Å². The quantitative estimate of drug-likeness (QED) is 0.796. The Morgan fingerprint density at radius 1 is 1.40 bits per heavy atom. The van der Waals surface area contributed by atoms with Gasteiger partial charge in [0.15, 0.2) is 0 Å². The zero-order valence-corrected chi connectivity index (χ0v) is 13.7. The molecule has 20 heavy (non-hydrogen) atoms. The lowest BCUT2D eigenvalue weighted by molar-refractivity contribution is -0.0640. The molecule has 1 heterocycles. The van der Waals surface area contributed by atoms with E-state index in [1.807, 2.05) is 13.8 Å². The molecule has 112 valence electrons. The fraction of sp³-hybridized carbons (Fsp3) is 0.538. The molecule has 1 aliphatic heterocycles. The molecule has 1 saturated heterocycles. The van der Waals surface area contributed by atoms with E-state index in [0.717, 1.165) is 5.56 Å². The summed E-state index contributed by atoms with van der Waals surface area (Å²) in [6.07, 6.45) is 0. The highest BCUT2D eigenvalue weighted by Crippen LogP contribution is 2.29. The molecular weight excluding hydrogens is 321 g/mol. The lowest BCUT2D eigenvalue weighted by atomic mass is 10.1. The average Bonchev–Trinajstić information content (AvgIpc) is 2.38. The number of sulfonamides is 1. The van der Waals surface area contributed by atoms with Crippen LogP contribution in [0, 0.1) is 0 Å². The van der Waals surface area contributed by atoms with Gasteiger partial charge in [0.1, 0.15) is 4.90 Å². The number of nitrogens with zero attached hydrogens (tertiary/aromatic N) is 1. The van der Waals surface area contributed by atoms with E-state index in [-0.39, 0.29) is 15.8 Å². The largest absolute Gasteiger partial charge is 0.373 e. The lowest BCUT2D eigenvalue weighted by Gasteiger charge is -2.37. The summed E-state index contributed by atoms with van der Waals surface area (Å²) in [7, 11) is -3.63. The molecule has 1 aliphatic rings. The molecule has 0 radical (unpaired) electrons. The summed E-state index contributed by atoms with van der Waals surface area (Å²) < 4.78 is 32.4. The fourth-order valence-corrected chi connectivity index (χ4v) is 4.41. The topological polar surface area (TPSA) is 46.6 Å². The molecule has 1 aromatic rings. The second kappa shape index (κ2) is 5.81. The molecule has 0 unspecified atom stereocenters. The Hall–Kier alpha value is -0.330. The van der Waals surface area contributed by atoms with Crippen molar-refractivity contribution in [2.75, 3.05) is 19.7 Å². The Labute approximate surface area is 129 Å². The zero-order chi connectivity index (χ0) is 15.0. The first-order valence-corrected chi connectivity index (χ1v) is 8.60. The highest BCUT2D eigenvalue weighted by Gasteiger charge is 2.35. The van der Waals surface area contributed by atoms with Gasteiger partial charge in [0.05, 0.1) is 17.2 Å². The number of rotatable bonds is 3. The molecule has 0 aliphatic carbocycles. The van der Waals surface area contributed by atoms with E-state index in [4.69, 9.17) is 27.9 Å². The van der Waals surface area contributed by atoms with Crippen molar-refractivity contribution in [3.63, 3.8) is 0 Å². The second-order valence-electron chi connectivity index (χ2n) is 5.35. The third-order valence-corrected chi connectivity index (χ3v) is 5.79. The number of halogens is 2. The number of alkyl halides is 1. The lowest BCUT2D eigenvalue weighted by Crippen LogP contribution is -2.50. The maximum absolute atomic E-state index is 12.7. The Morgan fingerprint density at radius 2 is 2.10 bits per heavy atom. The van der Waals surface area contributed by atoms with Crippen LogP contribution in [0.3, 0.4) is 0 Å². The van der Waals surface area contributed by atoms with Crippen molar-refractivity contribution in [2.24, 2.45) is 0 Å². The van der Waals surface area contributed by atoms with E-state index in [1.165, 1.54) is 10.4 Å². The van der Waals surface area contributed by atoms with Crippen LogP contribution in [-0.4, -0.2) is 38.0 Å². The maximum Gasteiger partial charge on any atom is 0.244 e. The first-order chi connectivity index (χ1) is 9.26. The molecule has 0 spiro atoms. The third kappa shape index (κ3) is 3.28. The molecule has 1 fully saturated rings. The molecular formula is C13H17Cl2NO3S. The van der Waals surface area contributed by atoms with Gasteiger partial charge in [-0.05, 0) is 31.5 Å². The summed E-state index contributed by atoms with van der Waals surface area (Å²) in [6.45, 7) is 4.74. The maximum atomic E-state index is 12.7. The second-order valence-corrected chi connectivity index (χ2v) is 7.93. The van der Waals surface area contributed by atoms with Crippen molar-refractivity contribution in [3.05, 3.63) is 28.8 Å².